The molecule has 0 saturated carbocycles. The molecule has 2 heterocycles. The van der Waals surface area contributed by atoms with Crippen LogP contribution in [0.5, 0.6) is 5.75 Å². The van der Waals surface area contributed by atoms with Crippen LogP contribution in [0, 0.1) is 6.57 Å². The van der Waals surface area contributed by atoms with Gasteiger partial charge in [-0.15, -0.1) is 0 Å². The number of carbonyl (C=O) groups is 2. The molecule has 4 aromatic rings. The number of aromatic nitrogens is 1. The number of nitrogens with two attached hydrogens (primary N) is 1. The Bertz CT molecular complexity index is 1790. The number of hydrogen-bond acceptors (Lipinski definition) is 7. The second kappa shape index (κ2) is 11.9. The van der Waals surface area contributed by atoms with Gasteiger partial charge in [0, 0.05) is 35.7 Å². The van der Waals surface area contributed by atoms with Crippen molar-refractivity contribution in [3.05, 3.63) is 95.0 Å². The van der Waals surface area contributed by atoms with Crippen LogP contribution in [0.1, 0.15) is 49.0 Å². The molecule has 1 aliphatic heterocycles. The number of methoxy groups -OCH3 is 1. The van der Waals surface area contributed by atoms with E-state index >= 15 is 0 Å². The SMILES string of the molecule is [C-]#[N+]c1ccc(CC(=O)OCC)c(OC2CC3(CCN(C(=O)OC)CC3)c3ccc(-c4cccc5c(N)nccc45)cc32)c1. The minimum atomic E-state index is -0.349. The highest BCUT2D eigenvalue weighted by Gasteiger charge is 2.47. The molecule has 0 bridgehead atoms. The van der Waals surface area contributed by atoms with Crippen molar-refractivity contribution in [2.45, 2.75) is 44.1 Å². The van der Waals surface area contributed by atoms with E-state index in [-0.39, 0.29) is 36.6 Å². The Hall–Kier alpha value is -5.10. The predicted octanol–water partition coefficient (Wildman–Crippen LogP) is 6.76. The van der Waals surface area contributed by atoms with Gasteiger partial charge in [-0.2, -0.15) is 0 Å². The number of amides is 1. The average Bonchev–Trinajstić information content (AvgIpc) is 3.33. The van der Waals surface area contributed by atoms with Crippen LogP contribution in [0.2, 0.25) is 0 Å². The number of rotatable bonds is 6. The highest BCUT2D eigenvalue weighted by Crippen LogP contribution is 2.53. The lowest BCUT2D eigenvalue weighted by Crippen LogP contribution is -2.44. The number of esters is 1. The largest absolute Gasteiger partial charge is 0.487 e. The maximum atomic E-state index is 12.4. The quantitative estimate of drug-likeness (QED) is 0.195. The van der Waals surface area contributed by atoms with Gasteiger partial charge < -0.3 is 24.8 Å². The van der Waals surface area contributed by atoms with Crippen LogP contribution >= 0.6 is 0 Å². The van der Waals surface area contributed by atoms with Gasteiger partial charge in [0.15, 0.2) is 5.69 Å². The van der Waals surface area contributed by atoms with E-state index in [9.17, 15) is 9.59 Å². The van der Waals surface area contributed by atoms with Crippen LogP contribution in [0.3, 0.4) is 0 Å². The molecule has 1 unspecified atom stereocenters. The maximum absolute atomic E-state index is 12.4. The van der Waals surface area contributed by atoms with E-state index in [1.165, 1.54) is 12.7 Å². The fraction of sp³-hybridized carbons (Fsp3) is 0.314. The number of likely N-dealkylation sites (tertiary alicyclic amines) is 1. The number of benzene rings is 3. The summed E-state index contributed by atoms with van der Waals surface area (Å²) in [7, 11) is 1.41. The zero-order chi connectivity index (χ0) is 30.8. The fourth-order valence-electron chi connectivity index (χ4n) is 6.75. The lowest BCUT2D eigenvalue weighted by Gasteiger charge is -2.39. The molecule has 1 fully saturated rings. The van der Waals surface area contributed by atoms with Crippen molar-refractivity contribution in [3.8, 4) is 16.9 Å². The third-order valence-corrected chi connectivity index (χ3v) is 8.94. The standard InChI is InChI=1S/C35H34N4O5/c1-4-43-32(40)19-23-8-10-24(37-2)20-30(23)44-31-21-35(13-16-39(17-14-35)34(41)42-3)29-11-9-22(18-28(29)31)25-6-5-7-27-26(25)12-15-38-33(27)36/h5-12,15,18,20,31H,4,13-14,16-17,19,21H2,1,3H3,(H2,36,38). The summed E-state index contributed by atoms with van der Waals surface area (Å²) in [5.41, 5.74) is 11.4. The molecule has 224 valence electrons. The minimum absolute atomic E-state index is 0.0474. The Morgan fingerprint density at radius 1 is 1.09 bits per heavy atom. The van der Waals surface area contributed by atoms with Crippen molar-refractivity contribution in [2.24, 2.45) is 0 Å². The molecule has 2 N–H and O–H groups in total. The Kier molecular flexibility index (Phi) is 7.83. The van der Waals surface area contributed by atoms with E-state index < -0.39 is 0 Å². The summed E-state index contributed by atoms with van der Waals surface area (Å²) in [5, 5.41) is 1.91. The van der Waals surface area contributed by atoms with E-state index in [2.05, 4.69) is 34.1 Å². The molecule has 9 nitrogen and oxygen atoms in total. The molecular formula is C35H34N4O5. The molecule has 1 spiro atoms. The fourth-order valence-corrected chi connectivity index (χ4v) is 6.75. The van der Waals surface area contributed by atoms with Crippen LogP contribution < -0.4 is 10.5 Å². The Morgan fingerprint density at radius 3 is 2.66 bits per heavy atom. The molecule has 44 heavy (non-hydrogen) atoms. The van der Waals surface area contributed by atoms with Crippen LogP contribution in [0.25, 0.3) is 26.7 Å². The van der Waals surface area contributed by atoms with Gasteiger partial charge in [0.05, 0.1) is 26.7 Å². The van der Waals surface area contributed by atoms with Crippen LogP contribution in [-0.4, -0.2) is 48.8 Å². The van der Waals surface area contributed by atoms with Gasteiger partial charge in [0.1, 0.15) is 17.7 Å². The van der Waals surface area contributed by atoms with Gasteiger partial charge >= 0.3 is 12.1 Å². The molecule has 0 radical (unpaired) electrons. The smallest absolute Gasteiger partial charge is 0.409 e. The molecule has 1 saturated heterocycles. The summed E-state index contributed by atoms with van der Waals surface area (Å²) in [6.07, 6.45) is 3.36. The molecule has 1 amide bonds. The third-order valence-electron chi connectivity index (χ3n) is 8.94. The Labute approximate surface area is 256 Å². The van der Waals surface area contributed by atoms with Crippen molar-refractivity contribution >= 4 is 34.3 Å². The monoisotopic (exact) mass is 590 g/mol. The Balaban J connectivity index is 1.43. The molecular weight excluding hydrogens is 556 g/mol. The molecule has 2 aliphatic rings. The van der Waals surface area contributed by atoms with E-state index in [0.29, 0.717) is 42.3 Å². The summed E-state index contributed by atoms with van der Waals surface area (Å²) in [4.78, 5) is 34.3. The van der Waals surface area contributed by atoms with Crippen molar-refractivity contribution in [2.75, 3.05) is 32.5 Å². The summed E-state index contributed by atoms with van der Waals surface area (Å²) in [6, 6.07) is 19.7. The first-order chi connectivity index (χ1) is 21.4. The van der Waals surface area contributed by atoms with Crippen molar-refractivity contribution in [3.63, 3.8) is 0 Å². The number of fused-ring (bicyclic) bond motifs is 3. The molecule has 3 aromatic carbocycles. The summed E-state index contributed by atoms with van der Waals surface area (Å²) < 4.78 is 17.0. The van der Waals surface area contributed by atoms with Crippen LogP contribution in [0.15, 0.2) is 66.9 Å². The maximum Gasteiger partial charge on any atom is 0.409 e. The first-order valence-electron chi connectivity index (χ1n) is 14.8. The van der Waals surface area contributed by atoms with E-state index in [4.69, 9.17) is 26.5 Å². The first-order valence-corrected chi connectivity index (χ1v) is 14.8. The van der Waals surface area contributed by atoms with Crippen LogP contribution in [-0.2, 0) is 26.1 Å². The van der Waals surface area contributed by atoms with Crippen molar-refractivity contribution in [1.29, 1.82) is 0 Å². The lowest BCUT2D eigenvalue weighted by atomic mass is 9.73. The van der Waals surface area contributed by atoms with Gasteiger partial charge in [-0.25, -0.2) is 14.6 Å². The molecule has 1 atom stereocenters. The number of carbonyl (C=O) groups excluding carboxylic acids is 2. The summed E-state index contributed by atoms with van der Waals surface area (Å²) in [6.45, 7) is 10.8. The molecule has 9 heteroatoms. The number of pyridine rings is 1. The number of nitrogens with zero attached hydrogens (tertiary/aromatic N) is 3. The second-order valence-corrected chi connectivity index (χ2v) is 11.3. The number of piperidine rings is 1. The van der Waals surface area contributed by atoms with Gasteiger partial charge in [-0.3, -0.25) is 4.79 Å². The normalized spacial score (nSPS) is 16.8. The topological polar surface area (TPSA) is 108 Å². The number of nitrogen functional groups attached to an aromatic ring is 1. The lowest BCUT2D eigenvalue weighted by molar-refractivity contribution is -0.142. The van der Waals surface area contributed by atoms with Gasteiger partial charge in [0.25, 0.3) is 0 Å². The van der Waals surface area contributed by atoms with E-state index in [0.717, 1.165) is 40.3 Å². The number of anilines is 1. The van der Waals surface area contributed by atoms with E-state index in [1.54, 1.807) is 36.2 Å². The zero-order valence-corrected chi connectivity index (χ0v) is 24.8. The highest BCUT2D eigenvalue weighted by atomic mass is 16.5. The van der Waals surface area contributed by atoms with Gasteiger partial charge in [0.2, 0.25) is 0 Å². The van der Waals surface area contributed by atoms with E-state index in [1.807, 2.05) is 18.2 Å². The summed E-state index contributed by atoms with van der Waals surface area (Å²) in [5.74, 6) is 0.635. The van der Waals surface area contributed by atoms with Crippen LogP contribution in [0.4, 0.5) is 16.3 Å². The predicted molar refractivity (Wildman–Crippen MR) is 168 cm³/mol. The Morgan fingerprint density at radius 2 is 1.91 bits per heavy atom. The molecule has 1 aromatic heterocycles. The van der Waals surface area contributed by atoms with Crippen molar-refractivity contribution in [1.82, 2.24) is 9.88 Å². The second-order valence-electron chi connectivity index (χ2n) is 11.3. The zero-order valence-electron chi connectivity index (χ0n) is 24.8. The average molecular weight is 591 g/mol. The number of ether oxygens (including phenoxy) is 3. The first kappa shape index (κ1) is 29.0. The highest BCUT2D eigenvalue weighted by molar-refractivity contribution is 6.01. The minimum Gasteiger partial charge on any atom is -0.487 e. The number of hydrogen-bond donors (Lipinski definition) is 1. The van der Waals surface area contributed by atoms with Gasteiger partial charge in [-0.1, -0.05) is 42.5 Å². The van der Waals surface area contributed by atoms with Crippen molar-refractivity contribution < 1.29 is 23.8 Å². The third kappa shape index (κ3) is 5.28. The molecule has 1 aliphatic carbocycles. The summed E-state index contributed by atoms with van der Waals surface area (Å²) >= 11 is 0. The molecule has 6 rings (SSSR count). The van der Waals surface area contributed by atoms with Gasteiger partial charge in [-0.05, 0) is 72.0 Å².